The second-order valence-electron chi connectivity index (χ2n) is 6.13. The summed E-state index contributed by atoms with van der Waals surface area (Å²) in [7, 11) is 0. The maximum absolute atomic E-state index is 13.0. The van der Waals surface area contributed by atoms with Crippen LogP contribution in [0.2, 0.25) is 5.02 Å². The highest BCUT2D eigenvalue weighted by Gasteiger charge is 2.22. The first kappa shape index (κ1) is 14.6. The maximum atomic E-state index is 13.0. The monoisotopic (exact) mass is 283 g/mol. The van der Waals surface area contributed by atoms with Crippen molar-refractivity contribution in [3.05, 3.63) is 29.0 Å². The van der Waals surface area contributed by atoms with E-state index in [0.29, 0.717) is 11.1 Å². The van der Waals surface area contributed by atoms with Crippen LogP contribution in [0.3, 0.4) is 0 Å². The number of benzene rings is 1. The molecule has 106 valence electrons. The largest absolute Gasteiger partial charge is 0.381 e. The molecule has 0 amide bonds. The van der Waals surface area contributed by atoms with E-state index in [0.717, 1.165) is 17.5 Å². The Bertz CT molecular complexity index is 419. The van der Waals surface area contributed by atoms with Gasteiger partial charge in [0.15, 0.2) is 0 Å². The molecule has 1 aromatic carbocycles. The Balaban J connectivity index is 1.94. The fraction of sp³-hybridized carbons (Fsp3) is 0.625. The zero-order valence-electron chi connectivity index (χ0n) is 11.8. The highest BCUT2D eigenvalue weighted by molar-refractivity contribution is 6.33. The average Bonchev–Trinajstić information content (AvgIpc) is 2.32. The van der Waals surface area contributed by atoms with Crippen LogP contribution < -0.4 is 5.32 Å². The van der Waals surface area contributed by atoms with Gasteiger partial charge in [-0.3, -0.25) is 0 Å². The molecule has 1 aliphatic carbocycles. The highest BCUT2D eigenvalue weighted by Crippen LogP contribution is 2.32. The number of anilines is 1. The van der Waals surface area contributed by atoms with Crippen LogP contribution in [0.25, 0.3) is 0 Å². The van der Waals surface area contributed by atoms with Crippen LogP contribution in [0.1, 0.15) is 46.0 Å². The normalized spacial score (nSPS) is 23.6. The van der Waals surface area contributed by atoms with Crippen LogP contribution >= 0.6 is 11.6 Å². The molecule has 19 heavy (non-hydrogen) atoms. The van der Waals surface area contributed by atoms with Crippen molar-refractivity contribution < 1.29 is 4.39 Å². The van der Waals surface area contributed by atoms with Crippen LogP contribution in [0.15, 0.2) is 18.2 Å². The van der Waals surface area contributed by atoms with Gasteiger partial charge in [-0.25, -0.2) is 4.39 Å². The number of halogens is 2. The van der Waals surface area contributed by atoms with Gasteiger partial charge >= 0.3 is 0 Å². The minimum atomic E-state index is -0.281. The fourth-order valence-electron chi connectivity index (χ4n) is 3.13. The van der Waals surface area contributed by atoms with Crippen molar-refractivity contribution in [3.8, 4) is 0 Å². The molecule has 1 aliphatic rings. The van der Waals surface area contributed by atoms with E-state index in [2.05, 4.69) is 19.2 Å². The average molecular weight is 284 g/mol. The van der Waals surface area contributed by atoms with Gasteiger partial charge in [0.1, 0.15) is 5.82 Å². The maximum Gasteiger partial charge on any atom is 0.124 e. The lowest BCUT2D eigenvalue weighted by molar-refractivity contribution is 0.289. The summed E-state index contributed by atoms with van der Waals surface area (Å²) in [6.07, 6.45) is 6.30. The minimum Gasteiger partial charge on any atom is -0.381 e. The molecule has 0 spiro atoms. The van der Waals surface area contributed by atoms with E-state index in [1.54, 1.807) is 6.07 Å². The molecule has 2 rings (SSSR count). The van der Waals surface area contributed by atoms with Crippen molar-refractivity contribution >= 4 is 17.3 Å². The van der Waals surface area contributed by atoms with Gasteiger partial charge in [0.25, 0.3) is 0 Å². The van der Waals surface area contributed by atoms with E-state index in [4.69, 9.17) is 11.6 Å². The lowest BCUT2D eigenvalue weighted by atomic mass is 9.81. The van der Waals surface area contributed by atoms with E-state index in [1.807, 2.05) is 0 Å². The van der Waals surface area contributed by atoms with Gasteiger partial charge in [0, 0.05) is 6.04 Å². The summed E-state index contributed by atoms with van der Waals surface area (Å²) in [5.74, 6) is 1.29. The van der Waals surface area contributed by atoms with E-state index in [-0.39, 0.29) is 5.82 Å². The lowest BCUT2D eigenvalue weighted by Crippen LogP contribution is -2.28. The van der Waals surface area contributed by atoms with Crippen LogP contribution in [0, 0.1) is 17.7 Å². The third-order valence-corrected chi connectivity index (χ3v) is 4.19. The van der Waals surface area contributed by atoms with Gasteiger partial charge in [-0.15, -0.1) is 0 Å². The first-order valence-electron chi connectivity index (χ1n) is 7.26. The number of hydrogen-bond donors (Lipinski definition) is 1. The van der Waals surface area contributed by atoms with Crippen molar-refractivity contribution in [2.45, 2.75) is 52.0 Å². The van der Waals surface area contributed by atoms with Gasteiger partial charge in [0.05, 0.1) is 10.7 Å². The first-order chi connectivity index (χ1) is 9.04. The summed E-state index contributed by atoms with van der Waals surface area (Å²) >= 11 is 6.07. The Morgan fingerprint density at radius 3 is 2.84 bits per heavy atom. The van der Waals surface area contributed by atoms with E-state index in [9.17, 15) is 4.39 Å². The third kappa shape index (κ3) is 4.38. The van der Waals surface area contributed by atoms with Crippen LogP contribution in [0.5, 0.6) is 0 Å². The number of nitrogens with one attached hydrogen (secondary N) is 1. The topological polar surface area (TPSA) is 12.0 Å². The molecule has 1 saturated carbocycles. The smallest absolute Gasteiger partial charge is 0.124 e. The van der Waals surface area contributed by atoms with Crippen molar-refractivity contribution in [2.24, 2.45) is 11.8 Å². The predicted molar refractivity (Wildman–Crippen MR) is 80.2 cm³/mol. The molecular formula is C16H23ClFN. The van der Waals surface area contributed by atoms with Crippen molar-refractivity contribution in [3.63, 3.8) is 0 Å². The molecule has 3 heteroatoms. The van der Waals surface area contributed by atoms with Crippen molar-refractivity contribution in [1.82, 2.24) is 0 Å². The molecule has 0 aromatic heterocycles. The summed E-state index contributed by atoms with van der Waals surface area (Å²) in [5.41, 5.74) is 0.860. The molecule has 2 atom stereocenters. The van der Waals surface area contributed by atoms with Gasteiger partial charge in [-0.2, -0.15) is 0 Å². The van der Waals surface area contributed by atoms with Gasteiger partial charge in [0.2, 0.25) is 0 Å². The Hall–Kier alpha value is -0.760. The van der Waals surface area contributed by atoms with E-state index < -0.39 is 0 Å². The fourth-order valence-corrected chi connectivity index (χ4v) is 3.35. The van der Waals surface area contributed by atoms with Crippen LogP contribution in [-0.4, -0.2) is 6.04 Å². The molecule has 0 aliphatic heterocycles. The minimum absolute atomic E-state index is 0.281. The summed E-state index contributed by atoms with van der Waals surface area (Å²) in [6, 6.07) is 5.05. The number of hydrogen-bond acceptors (Lipinski definition) is 1. The Kier molecular flexibility index (Phi) is 5.09. The lowest BCUT2D eigenvalue weighted by Gasteiger charge is -2.31. The summed E-state index contributed by atoms with van der Waals surface area (Å²) in [4.78, 5) is 0. The Labute approximate surface area is 120 Å². The first-order valence-corrected chi connectivity index (χ1v) is 7.64. The molecule has 2 unspecified atom stereocenters. The van der Waals surface area contributed by atoms with Crippen LogP contribution in [0.4, 0.5) is 10.1 Å². The number of rotatable bonds is 4. The molecule has 0 radical (unpaired) electrons. The van der Waals surface area contributed by atoms with Crippen molar-refractivity contribution in [2.75, 3.05) is 5.32 Å². The summed E-state index contributed by atoms with van der Waals surface area (Å²) in [6.45, 7) is 4.57. The molecule has 0 saturated heterocycles. The summed E-state index contributed by atoms with van der Waals surface area (Å²) < 4.78 is 13.0. The zero-order chi connectivity index (χ0) is 13.8. The highest BCUT2D eigenvalue weighted by atomic mass is 35.5. The molecule has 0 heterocycles. The molecule has 1 aromatic rings. The SMILES string of the molecule is CC(C)CC1CCCC(Nc2ccc(F)cc2Cl)C1. The second kappa shape index (κ2) is 6.60. The van der Waals surface area contributed by atoms with Gasteiger partial charge in [-0.1, -0.05) is 38.3 Å². The van der Waals surface area contributed by atoms with Gasteiger partial charge in [-0.05, 0) is 49.3 Å². The standard InChI is InChI=1S/C16H23ClFN/c1-11(2)8-12-4-3-5-14(9-12)19-16-7-6-13(18)10-15(16)17/h6-7,10-12,14,19H,3-5,8-9H2,1-2H3. The molecular weight excluding hydrogens is 261 g/mol. The zero-order valence-corrected chi connectivity index (χ0v) is 12.5. The van der Waals surface area contributed by atoms with Crippen LogP contribution in [-0.2, 0) is 0 Å². The molecule has 1 nitrogen and oxygen atoms in total. The molecule has 1 N–H and O–H groups in total. The van der Waals surface area contributed by atoms with Gasteiger partial charge < -0.3 is 5.32 Å². The Morgan fingerprint density at radius 2 is 2.16 bits per heavy atom. The summed E-state index contributed by atoms with van der Waals surface area (Å²) in [5, 5.41) is 3.96. The van der Waals surface area contributed by atoms with Crippen molar-refractivity contribution in [1.29, 1.82) is 0 Å². The second-order valence-corrected chi connectivity index (χ2v) is 6.53. The van der Waals surface area contributed by atoms with E-state index >= 15 is 0 Å². The third-order valence-electron chi connectivity index (χ3n) is 3.88. The van der Waals surface area contributed by atoms with E-state index in [1.165, 1.54) is 44.2 Å². The Morgan fingerprint density at radius 1 is 1.37 bits per heavy atom. The predicted octanol–water partition coefficient (Wildman–Crippen LogP) is 5.50. The molecule has 1 fully saturated rings. The molecule has 0 bridgehead atoms. The quantitative estimate of drug-likeness (QED) is 0.770.